The van der Waals surface area contributed by atoms with Crippen molar-refractivity contribution in [1.82, 2.24) is 10.6 Å². The highest BCUT2D eigenvalue weighted by molar-refractivity contribution is 5.81. The van der Waals surface area contributed by atoms with Gasteiger partial charge in [0.15, 0.2) is 18.7 Å². The van der Waals surface area contributed by atoms with Crippen LogP contribution in [0.4, 0.5) is 0 Å². The number of nitrogens with two attached hydrogens (primary N) is 4. The zero-order chi connectivity index (χ0) is 35.9. The molecule has 1 amide bonds. The zero-order valence-electron chi connectivity index (χ0n) is 26.4. The Morgan fingerprint density at radius 2 is 1.54 bits per heavy atom. The van der Waals surface area contributed by atoms with Gasteiger partial charge in [-0.15, -0.1) is 0 Å². The number of carbonyl (C=O) groups excluding carboxylic acids is 1. The van der Waals surface area contributed by atoms with E-state index in [1.807, 2.05) is 0 Å². The summed E-state index contributed by atoms with van der Waals surface area (Å²) in [5.41, 5.74) is 22.1. The lowest BCUT2D eigenvalue weighted by molar-refractivity contribution is -0.314. The van der Waals surface area contributed by atoms with Crippen LogP contribution < -0.4 is 33.6 Å². The Kier molecular flexibility index (Phi) is 15.7. The SMILES string of the molecule is NCC(O)C(O)C(O)C(=O)NC1CC(N)C(OC2OC(CNCC(O)(CO)CO)CCC2N)C(O)C1OC1OC(CO)C(O)C(N)C1O. The number of carbonyl (C=O) groups is 1. The predicted molar refractivity (Wildman–Crippen MR) is 161 cm³/mol. The number of amides is 1. The summed E-state index contributed by atoms with van der Waals surface area (Å²) in [5, 5.41) is 106. The van der Waals surface area contributed by atoms with Gasteiger partial charge in [-0.25, -0.2) is 0 Å². The summed E-state index contributed by atoms with van der Waals surface area (Å²) >= 11 is 0. The van der Waals surface area contributed by atoms with E-state index in [-0.39, 0.29) is 19.5 Å². The maximum Gasteiger partial charge on any atom is 0.251 e. The molecule has 2 aliphatic heterocycles. The largest absolute Gasteiger partial charge is 0.394 e. The van der Waals surface area contributed by atoms with Crippen LogP contribution in [0.5, 0.6) is 0 Å². The first-order valence-electron chi connectivity index (χ1n) is 15.8. The van der Waals surface area contributed by atoms with Crippen molar-refractivity contribution in [2.45, 2.75) is 123 Å². The molecule has 0 radical (unpaired) electrons. The van der Waals surface area contributed by atoms with E-state index in [1.54, 1.807) is 0 Å². The van der Waals surface area contributed by atoms with E-state index in [9.17, 15) is 55.9 Å². The van der Waals surface area contributed by atoms with Crippen LogP contribution in [0.3, 0.4) is 0 Å². The highest BCUT2D eigenvalue weighted by Gasteiger charge is 2.51. The van der Waals surface area contributed by atoms with Crippen molar-refractivity contribution in [1.29, 1.82) is 0 Å². The molecule has 16 atom stereocenters. The molecule has 48 heavy (non-hydrogen) atoms. The van der Waals surface area contributed by atoms with Gasteiger partial charge in [-0.05, 0) is 19.3 Å². The summed E-state index contributed by atoms with van der Waals surface area (Å²) in [6.07, 6.45) is -17.3. The quantitative estimate of drug-likeness (QED) is 0.0709. The van der Waals surface area contributed by atoms with E-state index in [1.165, 1.54) is 0 Å². The number of ether oxygens (including phenoxy) is 4. The van der Waals surface area contributed by atoms with Gasteiger partial charge in [0, 0.05) is 25.7 Å². The zero-order valence-corrected chi connectivity index (χ0v) is 26.4. The van der Waals surface area contributed by atoms with Gasteiger partial charge in [0.05, 0.1) is 50.2 Å². The van der Waals surface area contributed by atoms with Crippen molar-refractivity contribution in [3.8, 4) is 0 Å². The summed E-state index contributed by atoms with van der Waals surface area (Å²) in [7, 11) is 0. The molecule has 21 heteroatoms. The fourth-order valence-electron chi connectivity index (χ4n) is 5.83. The number of aliphatic hydroxyl groups is 10. The van der Waals surface area contributed by atoms with Crippen molar-refractivity contribution in [2.75, 3.05) is 39.5 Å². The highest BCUT2D eigenvalue weighted by Crippen LogP contribution is 2.31. The van der Waals surface area contributed by atoms with E-state index in [0.717, 1.165) is 0 Å². The van der Waals surface area contributed by atoms with Crippen molar-refractivity contribution >= 4 is 5.91 Å². The molecule has 16 unspecified atom stereocenters. The molecule has 3 aliphatic rings. The maximum absolute atomic E-state index is 12.9. The molecule has 0 aromatic rings. The van der Waals surface area contributed by atoms with E-state index >= 15 is 0 Å². The molecular weight excluding hydrogens is 648 g/mol. The van der Waals surface area contributed by atoms with Crippen LogP contribution in [0.2, 0.25) is 0 Å². The molecule has 1 aliphatic carbocycles. The summed E-state index contributed by atoms with van der Waals surface area (Å²) < 4.78 is 23.5. The van der Waals surface area contributed by atoms with Crippen LogP contribution >= 0.6 is 0 Å². The van der Waals surface area contributed by atoms with Crippen molar-refractivity contribution in [3.05, 3.63) is 0 Å². The van der Waals surface area contributed by atoms with Gasteiger partial charge in [-0.1, -0.05) is 0 Å². The lowest BCUT2D eigenvalue weighted by atomic mass is 9.83. The molecule has 2 saturated heterocycles. The monoisotopic (exact) mass is 702 g/mol. The third-order valence-corrected chi connectivity index (χ3v) is 9.01. The Labute approximate surface area is 276 Å². The van der Waals surface area contributed by atoms with Crippen LogP contribution in [0.15, 0.2) is 0 Å². The fraction of sp³-hybridized carbons (Fsp3) is 0.963. The van der Waals surface area contributed by atoms with Gasteiger partial charge < -0.3 is 104 Å². The van der Waals surface area contributed by atoms with Crippen LogP contribution in [0, 0.1) is 0 Å². The number of rotatable bonds is 16. The van der Waals surface area contributed by atoms with Gasteiger partial charge in [-0.3, -0.25) is 4.79 Å². The molecule has 3 rings (SSSR count). The van der Waals surface area contributed by atoms with Crippen molar-refractivity contribution in [3.63, 3.8) is 0 Å². The highest BCUT2D eigenvalue weighted by atomic mass is 16.7. The van der Waals surface area contributed by atoms with E-state index in [4.69, 9.17) is 41.9 Å². The number of hydrogen-bond donors (Lipinski definition) is 16. The summed E-state index contributed by atoms with van der Waals surface area (Å²) in [6, 6.07) is -4.29. The Balaban J connectivity index is 1.79. The van der Waals surface area contributed by atoms with E-state index < -0.39 is 136 Å². The van der Waals surface area contributed by atoms with Gasteiger partial charge in [0.2, 0.25) is 0 Å². The molecule has 0 bridgehead atoms. The minimum absolute atomic E-state index is 0.139. The van der Waals surface area contributed by atoms with Crippen molar-refractivity contribution < 1.29 is 74.8 Å². The average Bonchev–Trinajstić information content (AvgIpc) is 3.08. The van der Waals surface area contributed by atoms with Crippen LogP contribution in [-0.2, 0) is 23.7 Å². The molecule has 0 aromatic heterocycles. The Hall–Kier alpha value is -1.29. The maximum atomic E-state index is 12.9. The second kappa shape index (κ2) is 18.3. The average molecular weight is 703 g/mol. The first-order chi connectivity index (χ1) is 22.6. The van der Waals surface area contributed by atoms with Crippen LogP contribution in [-0.4, -0.2) is 200 Å². The molecule has 2 heterocycles. The second-order valence-electron chi connectivity index (χ2n) is 12.8. The van der Waals surface area contributed by atoms with Gasteiger partial charge in [0.25, 0.3) is 5.91 Å². The summed E-state index contributed by atoms with van der Waals surface area (Å²) in [6.45, 7) is -2.48. The smallest absolute Gasteiger partial charge is 0.251 e. The minimum Gasteiger partial charge on any atom is -0.394 e. The molecule has 21 nitrogen and oxygen atoms in total. The topological polar surface area (TPSA) is 384 Å². The molecule has 1 saturated carbocycles. The first kappa shape index (κ1) is 41.1. The van der Waals surface area contributed by atoms with Crippen LogP contribution in [0.1, 0.15) is 19.3 Å². The molecule has 20 N–H and O–H groups in total. The standard InChI is InChI=1S/C27H54N6O15/c28-4-14(37)17(38)20(41)24(43)33-13-3-12(30)22(21(42)23(13)48-26-19(40)16(31)18(39)15(6-34)46-26)47-25-11(29)2-1-10(45-25)5-32-7-27(44,8-35)9-36/h10-23,25-26,32,34-42,44H,1-9,28-31H2,(H,33,43). The first-order valence-corrected chi connectivity index (χ1v) is 15.8. The minimum atomic E-state index is -2.16. The lowest BCUT2D eigenvalue weighted by Crippen LogP contribution is -2.69. The number of nitrogens with one attached hydrogen (secondary N) is 2. The predicted octanol–water partition coefficient (Wildman–Crippen LogP) is -9.72. The van der Waals surface area contributed by atoms with Gasteiger partial charge >= 0.3 is 0 Å². The lowest BCUT2D eigenvalue weighted by Gasteiger charge is -2.48. The molecule has 0 aromatic carbocycles. The Morgan fingerprint density at radius 3 is 2.15 bits per heavy atom. The van der Waals surface area contributed by atoms with Crippen LogP contribution in [0.25, 0.3) is 0 Å². The molecule has 0 spiro atoms. The fourth-order valence-corrected chi connectivity index (χ4v) is 5.83. The third kappa shape index (κ3) is 9.94. The normalized spacial score (nSPS) is 39.8. The van der Waals surface area contributed by atoms with E-state index in [0.29, 0.717) is 12.8 Å². The summed E-state index contributed by atoms with van der Waals surface area (Å²) in [4.78, 5) is 12.9. The molecular formula is C27H54N6O15. The number of hydrogen-bond acceptors (Lipinski definition) is 20. The third-order valence-electron chi connectivity index (χ3n) is 9.01. The second-order valence-corrected chi connectivity index (χ2v) is 12.8. The van der Waals surface area contributed by atoms with E-state index in [2.05, 4.69) is 10.6 Å². The Bertz CT molecular complexity index is 988. The Morgan fingerprint density at radius 1 is 0.896 bits per heavy atom. The molecule has 282 valence electrons. The molecule has 3 fully saturated rings. The van der Waals surface area contributed by atoms with Gasteiger partial charge in [0.1, 0.15) is 48.3 Å². The van der Waals surface area contributed by atoms with Crippen molar-refractivity contribution in [2.24, 2.45) is 22.9 Å². The van der Waals surface area contributed by atoms with Gasteiger partial charge in [-0.2, -0.15) is 0 Å². The summed E-state index contributed by atoms with van der Waals surface area (Å²) in [5.74, 6) is -1.18. The number of aliphatic hydroxyl groups excluding tert-OH is 9.